The first-order valence-corrected chi connectivity index (χ1v) is 5.79. The second-order valence-corrected chi connectivity index (χ2v) is 4.60. The number of nitrogens with one attached hydrogen (secondary N) is 2. The molecule has 0 bridgehead atoms. The van der Waals surface area contributed by atoms with Gasteiger partial charge >= 0.3 is 0 Å². The van der Waals surface area contributed by atoms with E-state index in [2.05, 4.69) is 17.2 Å². The monoisotopic (exact) mass is 234 g/mol. The van der Waals surface area contributed by atoms with Crippen LogP contribution in [0.25, 0.3) is 10.9 Å². The summed E-state index contributed by atoms with van der Waals surface area (Å²) in [5.41, 5.74) is 2.89. The van der Waals surface area contributed by atoms with Crippen LogP contribution in [0.2, 0.25) is 0 Å². The molecular weight excluding hydrogens is 219 g/mol. The standard InChI is InChI=1S/C13H15FN2O/c1-7-3-12-10(6-15-7)9-4-8(17-2)5-11(14)13(9)16-12/h4-5,7,15-16H,3,6H2,1-2H3/t7-/m1/s1. The van der Waals surface area contributed by atoms with Crippen LogP contribution in [-0.2, 0) is 13.0 Å². The van der Waals surface area contributed by atoms with E-state index in [9.17, 15) is 4.39 Å². The van der Waals surface area contributed by atoms with Gasteiger partial charge in [-0.15, -0.1) is 0 Å². The van der Waals surface area contributed by atoms with Gasteiger partial charge in [0.05, 0.1) is 12.6 Å². The summed E-state index contributed by atoms with van der Waals surface area (Å²) in [7, 11) is 1.56. The van der Waals surface area contributed by atoms with Crippen LogP contribution in [0.4, 0.5) is 4.39 Å². The highest BCUT2D eigenvalue weighted by Gasteiger charge is 2.21. The van der Waals surface area contributed by atoms with E-state index in [4.69, 9.17) is 4.74 Å². The van der Waals surface area contributed by atoms with Crippen molar-refractivity contribution in [3.05, 3.63) is 29.2 Å². The van der Waals surface area contributed by atoms with E-state index in [0.717, 1.165) is 29.6 Å². The molecule has 1 aromatic heterocycles. The molecule has 0 saturated carbocycles. The lowest BCUT2D eigenvalue weighted by atomic mass is 10.0. The molecule has 0 spiro atoms. The van der Waals surface area contributed by atoms with Crippen molar-refractivity contribution in [2.75, 3.05) is 7.11 Å². The van der Waals surface area contributed by atoms with E-state index in [1.54, 1.807) is 7.11 Å². The Labute approximate surface area is 99.0 Å². The summed E-state index contributed by atoms with van der Waals surface area (Å²) < 4.78 is 19.0. The minimum absolute atomic E-state index is 0.249. The fraction of sp³-hybridized carbons (Fsp3) is 0.385. The van der Waals surface area contributed by atoms with Gasteiger partial charge in [0.25, 0.3) is 0 Å². The van der Waals surface area contributed by atoms with Crippen molar-refractivity contribution in [1.29, 1.82) is 0 Å². The van der Waals surface area contributed by atoms with Crippen LogP contribution in [0.15, 0.2) is 12.1 Å². The van der Waals surface area contributed by atoms with Crippen molar-refractivity contribution in [3.8, 4) is 5.75 Å². The first-order chi connectivity index (χ1) is 8.19. The van der Waals surface area contributed by atoms with Gasteiger partial charge < -0.3 is 15.0 Å². The van der Waals surface area contributed by atoms with Crippen LogP contribution in [0.5, 0.6) is 5.75 Å². The Balaban J connectivity index is 2.24. The quantitative estimate of drug-likeness (QED) is 0.794. The number of fused-ring (bicyclic) bond motifs is 3. The molecule has 4 heteroatoms. The normalized spacial score (nSPS) is 19.4. The van der Waals surface area contributed by atoms with Crippen LogP contribution in [0.1, 0.15) is 18.2 Å². The van der Waals surface area contributed by atoms with Crippen LogP contribution in [0.3, 0.4) is 0 Å². The number of hydrogen-bond donors (Lipinski definition) is 2. The van der Waals surface area contributed by atoms with Crippen molar-refractivity contribution >= 4 is 10.9 Å². The Bertz CT molecular complexity index is 576. The Morgan fingerprint density at radius 1 is 1.41 bits per heavy atom. The summed E-state index contributed by atoms with van der Waals surface area (Å²) in [6.07, 6.45) is 0.909. The molecule has 0 radical (unpaired) electrons. The molecule has 1 atom stereocenters. The maximum absolute atomic E-state index is 13.9. The van der Waals surface area contributed by atoms with E-state index in [1.807, 2.05) is 6.07 Å². The number of aromatic amines is 1. The van der Waals surface area contributed by atoms with Crippen LogP contribution < -0.4 is 10.1 Å². The van der Waals surface area contributed by atoms with Crippen molar-refractivity contribution in [2.45, 2.75) is 25.9 Å². The number of aromatic nitrogens is 1. The summed E-state index contributed by atoms with van der Waals surface area (Å²) in [4.78, 5) is 3.20. The third-order valence-electron chi connectivity index (χ3n) is 3.40. The number of H-pyrrole nitrogens is 1. The van der Waals surface area contributed by atoms with E-state index in [1.165, 1.54) is 6.07 Å². The van der Waals surface area contributed by atoms with E-state index < -0.39 is 0 Å². The van der Waals surface area contributed by atoms with Crippen molar-refractivity contribution in [1.82, 2.24) is 10.3 Å². The Kier molecular flexibility index (Phi) is 2.33. The highest BCUT2D eigenvalue weighted by Crippen LogP contribution is 2.31. The molecule has 1 aromatic carbocycles. The number of benzene rings is 1. The number of hydrogen-bond acceptors (Lipinski definition) is 2. The molecule has 0 amide bonds. The first-order valence-electron chi connectivity index (χ1n) is 5.79. The fourth-order valence-corrected chi connectivity index (χ4v) is 2.48. The highest BCUT2D eigenvalue weighted by molar-refractivity contribution is 5.86. The van der Waals surface area contributed by atoms with Crippen LogP contribution >= 0.6 is 0 Å². The topological polar surface area (TPSA) is 37.0 Å². The van der Waals surface area contributed by atoms with Crippen molar-refractivity contribution in [3.63, 3.8) is 0 Å². The zero-order valence-electron chi connectivity index (χ0n) is 9.93. The van der Waals surface area contributed by atoms with Gasteiger partial charge in [0.15, 0.2) is 5.82 Å². The Morgan fingerprint density at radius 3 is 3.00 bits per heavy atom. The van der Waals surface area contributed by atoms with Gasteiger partial charge in [-0.3, -0.25) is 0 Å². The summed E-state index contributed by atoms with van der Waals surface area (Å²) >= 11 is 0. The second kappa shape index (κ2) is 3.74. The Hall–Kier alpha value is -1.55. The largest absolute Gasteiger partial charge is 0.497 e. The summed E-state index contributed by atoms with van der Waals surface area (Å²) in [5.74, 6) is 0.317. The summed E-state index contributed by atoms with van der Waals surface area (Å²) in [5, 5.41) is 4.32. The Morgan fingerprint density at radius 2 is 2.24 bits per heavy atom. The summed E-state index contributed by atoms with van der Waals surface area (Å²) in [6, 6.07) is 3.74. The molecule has 2 heterocycles. The van der Waals surface area contributed by atoms with Gasteiger partial charge in [0.2, 0.25) is 0 Å². The smallest absolute Gasteiger partial charge is 0.150 e. The third kappa shape index (κ3) is 1.60. The molecule has 90 valence electrons. The minimum Gasteiger partial charge on any atom is -0.497 e. The van der Waals surface area contributed by atoms with E-state index >= 15 is 0 Å². The molecule has 2 aromatic rings. The summed E-state index contributed by atoms with van der Waals surface area (Å²) in [6.45, 7) is 2.91. The average molecular weight is 234 g/mol. The van der Waals surface area contributed by atoms with Crippen molar-refractivity contribution < 1.29 is 9.13 Å². The van der Waals surface area contributed by atoms with Crippen LogP contribution in [0, 0.1) is 5.82 Å². The first kappa shape index (κ1) is 10.6. The maximum atomic E-state index is 13.9. The molecule has 17 heavy (non-hydrogen) atoms. The molecule has 0 fully saturated rings. The number of methoxy groups -OCH3 is 1. The molecule has 1 aliphatic rings. The van der Waals surface area contributed by atoms with Gasteiger partial charge in [-0.1, -0.05) is 0 Å². The number of ether oxygens (including phenoxy) is 1. The lowest BCUT2D eigenvalue weighted by molar-refractivity contribution is 0.412. The SMILES string of the molecule is COc1cc(F)c2[nH]c3c(c2c1)CN[C@H](C)C3. The van der Waals surface area contributed by atoms with E-state index in [0.29, 0.717) is 17.3 Å². The minimum atomic E-state index is -0.249. The molecule has 0 aliphatic carbocycles. The van der Waals surface area contributed by atoms with Gasteiger partial charge in [-0.05, 0) is 18.6 Å². The van der Waals surface area contributed by atoms with Crippen LogP contribution in [-0.4, -0.2) is 18.1 Å². The number of halogens is 1. The van der Waals surface area contributed by atoms with E-state index in [-0.39, 0.29) is 5.82 Å². The predicted molar refractivity (Wildman–Crippen MR) is 64.8 cm³/mol. The molecule has 1 aliphatic heterocycles. The highest BCUT2D eigenvalue weighted by atomic mass is 19.1. The van der Waals surface area contributed by atoms with Gasteiger partial charge in [0, 0.05) is 36.2 Å². The van der Waals surface area contributed by atoms with Gasteiger partial charge in [-0.2, -0.15) is 0 Å². The zero-order valence-corrected chi connectivity index (χ0v) is 9.93. The number of rotatable bonds is 1. The molecule has 3 rings (SSSR count). The fourth-order valence-electron chi connectivity index (χ4n) is 2.48. The lowest BCUT2D eigenvalue weighted by Gasteiger charge is -2.20. The molecule has 0 unspecified atom stereocenters. The average Bonchev–Trinajstić information content (AvgIpc) is 2.67. The lowest BCUT2D eigenvalue weighted by Crippen LogP contribution is -2.32. The van der Waals surface area contributed by atoms with Gasteiger partial charge in [0.1, 0.15) is 5.75 Å². The van der Waals surface area contributed by atoms with Gasteiger partial charge in [-0.25, -0.2) is 4.39 Å². The molecule has 3 nitrogen and oxygen atoms in total. The predicted octanol–water partition coefficient (Wildman–Crippen LogP) is 2.35. The second-order valence-electron chi connectivity index (χ2n) is 4.60. The maximum Gasteiger partial charge on any atom is 0.150 e. The third-order valence-corrected chi connectivity index (χ3v) is 3.40. The zero-order chi connectivity index (χ0) is 12.0. The molecule has 0 saturated heterocycles. The molecule has 2 N–H and O–H groups in total. The molecular formula is C13H15FN2O. The van der Waals surface area contributed by atoms with Crippen molar-refractivity contribution in [2.24, 2.45) is 0 Å².